The van der Waals surface area contributed by atoms with E-state index in [9.17, 15) is 14.7 Å². The van der Waals surface area contributed by atoms with Gasteiger partial charge < -0.3 is 14.7 Å². The van der Waals surface area contributed by atoms with E-state index >= 15 is 0 Å². The third kappa shape index (κ3) is 2.85. The summed E-state index contributed by atoms with van der Waals surface area (Å²) in [6, 6.07) is 0. The average molecular weight is 269 g/mol. The predicted molar refractivity (Wildman–Crippen MR) is 69.8 cm³/mol. The van der Waals surface area contributed by atoms with Crippen molar-refractivity contribution in [3.05, 3.63) is 0 Å². The molecular weight excluding hydrogens is 246 g/mol. The summed E-state index contributed by atoms with van der Waals surface area (Å²) in [7, 11) is 0. The highest BCUT2D eigenvalue weighted by Gasteiger charge is 2.53. The number of likely N-dealkylation sites (tertiary alicyclic amines) is 1. The van der Waals surface area contributed by atoms with Crippen molar-refractivity contribution >= 4 is 12.1 Å². The second-order valence-corrected chi connectivity index (χ2v) is 6.82. The quantitative estimate of drug-likeness (QED) is 0.794. The SMILES string of the molecule is CC(C)(C)OC(=O)N1C[C@@H](C(=O)O)C2(CCCC2)C1. The number of aliphatic carboxylic acids is 1. The van der Waals surface area contributed by atoms with Gasteiger partial charge in [-0.2, -0.15) is 0 Å². The minimum absolute atomic E-state index is 0.220. The Balaban J connectivity index is 2.10. The maximum atomic E-state index is 12.1. The summed E-state index contributed by atoms with van der Waals surface area (Å²) in [6.07, 6.45) is 3.55. The monoisotopic (exact) mass is 269 g/mol. The molecule has 1 amide bonds. The molecule has 0 aromatic rings. The van der Waals surface area contributed by atoms with Crippen molar-refractivity contribution in [2.75, 3.05) is 13.1 Å². The highest BCUT2D eigenvalue weighted by atomic mass is 16.6. The van der Waals surface area contributed by atoms with Gasteiger partial charge in [-0.15, -0.1) is 0 Å². The number of hydrogen-bond donors (Lipinski definition) is 1. The summed E-state index contributed by atoms with van der Waals surface area (Å²) in [6.45, 7) is 6.27. The molecule has 0 aromatic heterocycles. The fourth-order valence-corrected chi connectivity index (χ4v) is 3.36. The highest BCUT2D eigenvalue weighted by Crippen LogP contribution is 2.49. The van der Waals surface area contributed by atoms with Crippen LogP contribution in [0.1, 0.15) is 46.5 Å². The maximum absolute atomic E-state index is 12.1. The zero-order valence-electron chi connectivity index (χ0n) is 11.9. The number of carboxylic acids is 1. The summed E-state index contributed by atoms with van der Waals surface area (Å²) in [5, 5.41) is 9.39. The van der Waals surface area contributed by atoms with E-state index in [4.69, 9.17) is 4.74 Å². The van der Waals surface area contributed by atoms with Crippen LogP contribution in [-0.4, -0.2) is 40.8 Å². The van der Waals surface area contributed by atoms with Crippen LogP contribution in [-0.2, 0) is 9.53 Å². The van der Waals surface area contributed by atoms with Crippen molar-refractivity contribution in [1.29, 1.82) is 0 Å². The molecule has 0 aromatic carbocycles. The molecule has 19 heavy (non-hydrogen) atoms. The van der Waals surface area contributed by atoms with Crippen LogP contribution in [0.15, 0.2) is 0 Å². The Labute approximate surface area is 113 Å². The van der Waals surface area contributed by atoms with Gasteiger partial charge in [0, 0.05) is 18.5 Å². The van der Waals surface area contributed by atoms with Gasteiger partial charge in [0.1, 0.15) is 5.60 Å². The number of hydrogen-bond acceptors (Lipinski definition) is 3. The minimum Gasteiger partial charge on any atom is -0.481 e. The molecule has 1 atom stereocenters. The van der Waals surface area contributed by atoms with E-state index in [-0.39, 0.29) is 18.1 Å². The van der Waals surface area contributed by atoms with E-state index in [1.165, 1.54) is 0 Å². The van der Waals surface area contributed by atoms with Gasteiger partial charge in [-0.3, -0.25) is 4.79 Å². The molecule has 108 valence electrons. The van der Waals surface area contributed by atoms with Crippen molar-refractivity contribution in [2.45, 2.75) is 52.1 Å². The lowest BCUT2D eigenvalue weighted by atomic mass is 9.77. The van der Waals surface area contributed by atoms with Crippen LogP contribution in [0.4, 0.5) is 4.79 Å². The largest absolute Gasteiger partial charge is 0.481 e. The molecule has 1 spiro atoms. The van der Waals surface area contributed by atoms with Gasteiger partial charge in [0.25, 0.3) is 0 Å². The fourth-order valence-electron chi connectivity index (χ4n) is 3.36. The number of rotatable bonds is 1. The van der Waals surface area contributed by atoms with Gasteiger partial charge in [-0.25, -0.2) is 4.79 Å². The molecule has 5 nitrogen and oxygen atoms in total. The molecule has 1 aliphatic carbocycles. The number of nitrogens with zero attached hydrogens (tertiary/aromatic N) is 1. The molecule has 2 aliphatic rings. The summed E-state index contributed by atoms with van der Waals surface area (Å²) in [4.78, 5) is 25.1. The second kappa shape index (κ2) is 4.69. The number of carbonyl (C=O) groups excluding carboxylic acids is 1. The first-order valence-electron chi connectivity index (χ1n) is 6.94. The summed E-state index contributed by atoms with van der Waals surface area (Å²) in [5.41, 5.74) is -0.760. The Morgan fingerprint density at radius 3 is 2.32 bits per heavy atom. The van der Waals surface area contributed by atoms with Gasteiger partial charge in [-0.05, 0) is 33.6 Å². The van der Waals surface area contributed by atoms with Crippen LogP contribution < -0.4 is 0 Å². The van der Waals surface area contributed by atoms with Crippen molar-refractivity contribution in [3.8, 4) is 0 Å². The minimum atomic E-state index is -0.784. The van der Waals surface area contributed by atoms with Crippen LogP contribution in [0.5, 0.6) is 0 Å². The van der Waals surface area contributed by atoms with E-state index in [0.717, 1.165) is 25.7 Å². The Bertz CT molecular complexity index is 379. The smallest absolute Gasteiger partial charge is 0.410 e. The number of amides is 1. The maximum Gasteiger partial charge on any atom is 0.410 e. The Kier molecular flexibility index (Phi) is 3.49. The topological polar surface area (TPSA) is 66.8 Å². The van der Waals surface area contributed by atoms with Crippen LogP contribution in [0, 0.1) is 11.3 Å². The molecule has 1 aliphatic heterocycles. The van der Waals surface area contributed by atoms with Crippen LogP contribution in [0.25, 0.3) is 0 Å². The molecule has 0 bridgehead atoms. The third-order valence-corrected chi connectivity index (χ3v) is 4.20. The lowest BCUT2D eigenvalue weighted by Crippen LogP contribution is -2.36. The molecule has 2 fully saturated rings. The molecule has 1 saturated carbocycles. The van der Waals surface area contributed by atoms with Gasteiger partial charge in [-0.1, -0.05) is 12.8 Å². The highest BCUT2D eigenvalue weighted by molar-refractivity contribution is 5.75. The Hall–Kier alpha value is -1.26. The lowest BCUT2D eigenvalue weighted by molar-refractivity contribution is -0.144. The van der Waals surface area contributed by atoms with Crippen LogP contribution >= 0.6 is 0 Å². The molecule has 0 radical (unpaired) electrons. The Morgan fingerprint density at radius 1 is 1.26 bits per heavy atom. The van der Waals surface area contributed by atoms with Gasteiger partial charge >= 0.3 is 12.1 Å². The lowest BCUT2D eigenvalue weighted by Gasteiger charge is -2.27. The predicted octanol–water partition coefficient (Wildman–Crippen LogP) is 2.50. The van der Waals surface area contributed by atoms with Gasteiger partial charge in [0.2, 0.25) is 0 Å². The summed E-state index contributed by atoms with van der Waals surface area (Å²) < 4.78 is 5.35. The number of carboxylic acid groups (broad SMARTS) is 1. The summed E-state index contributed by atoms with van der Waals surface area (Å²) in [5.74, 6) is -1.23. The Morgan fingerprint density at radius 2 is 1.84 bits per heavy atom. The van der Waals surface area contributed by atoms with E-state index in [2.05, 4.69) is 0 Å². The molecule has 1 heterocycles. The van der Waals surface area contributed by atoms with Crippen LogP contribution in [0.3, 0.4) is 0 Å². The summed E-state index contributed by atoms with van der Waals surface area (Å²) >= 11 is 0. The van der Waals surface area contributed by atoms with E-state index in [0.29, 0.717) is 6.54 Å². The number of carbonyl (C=O) groups is 2. The van der Waals surface area contributed by atoms with E-state index in [1.54, 1.807) is 4.90 Å². The molecule has 5 heteroatoms. The van der Waals surface area contributed by atoms with Gasteiger partial charge in [0.15, 0.2) is 0 Å². The first-order valence-corrected chi connectivity index (χ1v) is 6.94. The molecule has 2 rings (SSSR count). The third-order valence-electron chi connectivity index (χ3n) is 4.20. The number of ether oxygens (including phenoxy) is 1. The van der Waals surface area contributed by atoms with Crippen molar-refractivity contribution in [2.24, 2.45) is 11.3 Å². The second-order valence-electron chi connectivity index (χ2n) is 6.82. The van der Waals surface area contributed by atoms with Crippen molar-refractivity contribution in [3.63, 3.8) is 0 Å². The van der Waals surface area contributed by atoms with Crippen molar-refractivity contribution in [1.82, 2.24) is 4.90 Å². The van der Waals surface area contributed by atoms with E-state index < -0.39 is 17.5 Å². The first-order chi connectivity index (χ1) is 8.73. The molecular formula is C14H23NO4. The zero-order valence-corrected chi connectivity index (χ0v) is 11.9. The normalized spacial score (nSPS) is 25.8. The first kappa shape index (κ1) is 14.2. The molecule has 1 saturated heterocycles. The van der Waals surface area contributed by atoms with Gasteiger partial charge in [0.05, 0.1) is 5.92 Å². The fraction of sp³-hybridized carbons (Fsp3) is 0.857. The van der Waals surface area contributed by atoms with E-state index in [1.807, 2.05) is 20.8 Å². The average Bonchev–Trinajstić information content (AvgIpc) is 2.84. The zero-order chi connectivity index (χ0) is 14.3. The molecule has 0 unspecified atom stereocenters. The molecule has 1 N–H and O–H groups in total. The standard InChI is InChI=1S/C14H23NO4/c1-13(2,3)19-12(18)15-8-10(11(16)17)14(9-15)6-4-5-7-14/h10H,4-9H2,1-3H3,(H,16,17)/t10-/m0/s1. The van der Waals surface area contributed by atoms with Crippen LogP contribution in [0.2, 0.25) is 0 Å². The van der Waals surface area contributed by atoms with Crippen molar-refractivity contribution < 1.29 is 19.4 Å².